The Morgan fingerprint density at radius 3 is 2.54 bits per heavy atom. The SMILES string of the molecule is CC1=C(C#N)C(=O)N(Cc2cccnc2)C(=O)/C1=C/c1cn(-c2ccccc2)nc1-c1cccc([N+](=O)[O-])c1. The molecule has 0 N–H and O–H groups in total. The Bertz CT molecular complexity index is 1720. The van der Waals surface area contributed by atoms with Crippen LogP contribution in [0.4, 0.5) is 5.69 Å². The van der Waals surface area contributed by atoms with Crippen molar-refractivity contribution in [3.63, 3.8) is 0 Å². The predicted octanol–water partition coefficient (Wildman–Crippen LogP) is 4.63. The molecule has 3 heterocycles. The molecule has 1 aliphatic heterocycles. The highest BCUT2D eigenvalue weighted by Crippen LogP contribution is 2.32. The minimum atomic E-state index is -0.681. The average Bonchev–Trinajstić information content (AvgIpc) is 3.39. The van der Waals surface area contributed by atoms with Crippen LogP contribution in [0.3, 0.4) is 0 Å². The number of aromatic nitrogens is 3. The van der Waals surface area contributed by atoms with Gasteiger partial charge in [-0.2, -0.15) is 10.4 Å². The molecule has 2 aromatic carbocycles. The van der Waals surface area contributed by atoms with Crippen LogP contribution in [-0.4, -0.2) is 36.4 Å². The van der Waals surface area contributed by atoms with Crippen molar-refractivity contribution < 1.29 is 14.5 Å². The van der Waals surface area contributed by atoms with Crippen LogP contribution in [0, 0.1) is 21.4 Å². The van der Waals surface area contributed by atoms with Gasteiger partial charge in [-0.05, 0) is 42.3 Å². The standard InChI is InChI=1S/C29H20N6O4/c1-19-25(28(36)33(29(37)26(19)15-30)17-20-7-6-12-31-16-20)14-22-18-34(23-9-3-2-4-10-23)32-27(22)21-8-5-11-24(13-21)35(38)39/h2-14,16,18H,17H2,1H3/b25-14+. The van der Waals surface area contributed by atoms with Gasteiger partial charge in [0.2, 0.25) is 0 Å². The topological polar surface area (TPSA) is 135 Å². The van der Waals surface area contributed by atoms with E-state index in [1.54, 1.807) is 60.5 Å². The highest BCUT2D eigenvalue weighted by atomic mass is 16.6. The molecule has 10 heteroatoms. The lowest BCUT2D eigenvalue weighted by Gasteiger charge is -2.27. The molecule has 2 amide bonds. The second-order valence-electron chi connectivity index (χ2n) is 8.75. The molecule has 190 valence electrons. The lowest BCUT2D eigenvalue weighted by Crippen LogP contribution is -2.42. The van der Waals surface area contributed by atoms with Gasteiger partial charge in [-0.15, -0.1) is 0 Å². The highest BCUT2D eigenvalue weighted by molar-refractivity contribution is 6.19. The van der Waals surface area contributed by atoms with Crippen LogP contribution >= 0.6 is 0 Å². The maximum Gasteiger partial charge on any atom is 0.271 e. The number of nitriles is 1. The van der Waals surface area contributed by atoms with Crippen LogP contribution < -0.4 is 0 Å². The summed E-state index contributed by atoms with van der Waals surface area (Å²) in [6.07, 6.45) is 6.40. The third kappa shape index (κ3) is 4.84. The molecule has 0 saturated heterocycles. The van der Waals surface area contributed by atoms with Gasteiger partial charge in [-0.3, -0.25) is 29.6 Å². The summed E-state index contributed by atoms with van der Waals surface area (Å²) >= 11 is 0. The number of benzene rings is 2. The first-order chi connectivity index (χ1) is 18.9. The molecule has 10 nitrogen and oxygen atoms in total. The first-order valence-corrected chi connectivity index (χ1v) is 11.9. The van der Waals surface area contributed by atoms with Crippen molar-refractivity contribution in [2.75, 3.05) is 0 Å². The molecule has 0 saturated carbocycles. The quantitative estimate of drug-likeness (QED) is 0.158. The van der Waals surface area contributed by atoms with Crippen molar-refractivity contribution in [2.45, 2.75) is 13.5 Å². The van der Waals surface area contributed by atoms with E-state index < -0.39 is 16.7 Å². The van der Waals surface area contributed by atoms with Crippen molar-refractivity contribution in [3.05, 3.63) is 123 Å². The zero-order chi connectivity index (χ0) is 27.5. The highest BCUT2D eigenvalue weighted by Gasteiger charge is 2.35. The zero-order valence-corrected chi connectivity index (χ0v) is 20.7. The third-order valence-electron chi connectivity index (χ3n) is 6.28. The molecule has 0 radical (unpaired) electrons. The monoisotopic (exact) mass is 516 g/mol. The number of para-hydroxylation sites is 1. The van der Waals surface area contributed by atoms with E-state index in [1.807, 2.05) is 36.4 Å². The van der Waals surface area contributed by atoms with Crippen molar-refractivity contribution in [1.82, 2.24) is 19.7 Å². The summed E-state index contributed by atoms with van der Waals surface area (Å²) in [4.78, 5) is 42.7. The molecule has 0 spiro atoms. The molecule has 5 rings (SSSR count). The average molecular weight is 517 g/mol. The summed E-state index contributed by atoms with van der Waals surface area (Å²) in [5, 5.41) is 25.9. The smallest absolute Gasteiger partial charge is 0.269 e. The molecular formula is C29H20N6O4. The fourth-order valence-electron chi connectivity index (χ4n) is 4.30. The van der Waals surface area contributed by atoms with Gasteiger partial charge in [-0.1, -0.05) is 36.4 Å². The molecule has 39 heavy (non-hydrogen) atoms. The van der Waals surface area contributed by atoms with Gasteiger partial charge in [0.25, 0.3) is 17.5 Å². The number of carbonyl (C=O) groups is 2. The Morgan fingerprint density at radius 2 is 1.85 bits per heavy atom. The largest absolute Gasteiger partial charge is 0.271 e. The van der Waals surface area contributed by atoms with Crippen LogP contribution in [-0.2, 0) is 16.1 Å². The van der Waals surface area contributed by atoms with E-state index in [2.05, 4.69) is 10.1 Å². The van der Waals surface area contributed by atoms with Crippen molar-refractivity contribution in [3.8, 4) is 23.0 Å². The minimum Gasteiger partial charge on any atom is -0.269 e. The predicted molar refractivity (Wildman–Crippen MR) is 142 cm³/mol. The number of pyridine rings is 1. The molecular weight excluding hydrogens is 496 g/mol. The molecule has 0 fully saturated rings. The number of non-ortho nitro benzene ring substituents is 1. The number of nitro groups is 1. The van der Waals surface area contributed by atoms with Gasteiger partial charge >= 0.3 is 0 Å². The summed E-state index contributed by atoms with van der Waals surface area (Å²) in [7, 11) is 0. The number of nitro benzene ring substituents is 1. The molecule has 0 bridgehead atoms. The number of imide groups is 1. The number of carbonyl (C=O) groups excluding carboxylic acids is 2. The van der Waals surface area contributed by atoms with Crippen molar-refractivity contribution in [1.29, 1.82) is 5.26 Å². The summed E-state index contributed by atoms with van der Waals surface area (Å²) in [5.74, 6) is -1.25. The van der Waals surface area contributed by atoms with E-state index in [9.17, 15) is 25.0 Å². The third-order valence-corrected chi connectivity index (χ3v) is 6.28. The van der Waals surface area contributed by atoms with Gasteiger partial charge in [-0.25, -0.2) is 4.68 Å². The second-order valence-corrected chi connectivity index (χ2v) is 8.75. The first-order valence-electron chi connectivity index (χ1n) is 11.9. The summed E-state index contributed by atoms with van der Waals surface area (Å²) < 4.78 is 1.61. The van der Waals surface area contributed by atoms with Crippen LogP contribution in [0.25, 0.3) is 23.0 Å². The Hall–Kier alpha value is -5.69. The Balaban J connectivity index is 1.67. The van der Waals surface area contributed by atoms with Crippen molar-refractivity contribution in [2.24, 2.45) is 0 Å². The number of hydrogen-bond acceptors (Lipinski definition) is 7. The van der Waals surface area contributed by atoms with Crippen molar-refractivity contribution >= 4 is 23.6 Å². The van der Waals surface area contributed by atoms with E-state index in [4.69, 9.17) is 0 Å². The van der Waals surface area contributed by atoms with Gasteiger partial charge in [0.1, 0.15) is 17.3 Å². The lowest BCUT2D eigenvalue weighted by molar-refractivity contribution is -0.384. The van der Waals surface area contributed by atoms with Crippen LogP contribution in [0.1, 0.15) is 18.1 Å². The van der Waals surface area contributed by atoms with Crippen LogP contribution in [0.15, 0.2) is 102 Å². The number of amides is 2. The first kappa shape index (κ1) is 25.0. The Labute approximate surface area is 222 Å². The van der Waals surface area contributed by atoms with E-state index in [1.165, 1.54) is 12.1 Å². The van der Waals surface area contributed by atoms with Gasteiger partial charge in [0.05, 0.1) is 17.2 Å². The van der Waals surface area contributed by atoms with E-state index in [-0.39, 0.29) is 29.0 Å². The molecule has 0 aliphatic carbocycles. The zero-order valence-electron chi connectivity index (χ0n) is 20.7. The van der Waals surface area contributed by atoms with Crippen LogP contribution in [0.2, 0.25) is 0 Å². The number of rotatable bonds is 6. The number of nitrogens with zero attached hydrogens (tertiary/aromatic N) is 6. The summed E-state index contributed by atoms with van der Waals surface area (Å²) in [6, 6.07) is 20.7. The molecule has 2 aromatic heterocycles. The van der Waals surface area contributed by atoms with E-state index in [0.29, 0.717) is 22.4 Å². The minimum absolute atomic E-state index is 0.0533. The molecule has 1 aliphatic rings. The fraction of sp³-hybridized carbons (Fsp3) is 0.0690. The molecule has 0 unspecified atom stereocenters. The van der Waals surface area contributed by atoms with Gasteiger partial charge in [0.15, 0.2) is 0 Å². The summed E-state index contributed by atoms with van der Waals surface area (Å²) in [6.45, 7) is 1.50. The Kier molecular flexibility index (Phi) is 6.63. The second kappa shape index (κ2) is 10.4. The van der Waals surface area contributed by atoms with Gasteiger partial charge in [0, 0.05) is 47.4 Å². The normalized spacial score (nSPS) is 14.6. The molecule has 0 atom stereocenters. The lowest BCUT2D eigenvalue weighted by atomic mass is 9.93. The van der Waals surface area contributed by atoms with E-state index >= 15 is 0 Å². The van der Waals surface area contributed by atoms with Crippen LogP contribution in [0.5, 0.6) is 0 Å². The number of hydrogen-bond donors (Lipinski definition) is 0. The maximum atomic E-state index is 13.6. The summed E-state index contributed by atoms with van der Waals surface area (Å²) in [5.41, 5.74) is 2.86. The van der Waals surface area contributed by atoms with Gasteiger partial charge < -0.3 is 0 Å². The Morgan fingerprint density at radius 1 is 1.05 bits per heavy atom. The van der Waals surface area contributed by atoms with E-state index in [0.717, 1.165) is 10.6 Å². The fourth-order valence-corrected chi connectivity index (χ4v) is 4.30. The maximum absolute atomic E-state index is 13.6. The molecule has 4 aromatic rings.